The highest BCUT2D eigenvalue weighted by atomic mass is 19.1. The van der Waals surface area contributed by atoms with Gasteiger partial charge in [-0.15, -0.1) is 0 Å². The number of fused-ring (bicyclic) bond motifs is 1. The van der Waals surface area contributed by atoms with Gasteiger partial charge in [-0.05, 0) is 24.1 Å². The van der Waals surface area contributed by atoms with Crippen LogP contribution in [0, 0.1) is 5.82 Å². The smallest absolute Gasteiger partial charge is 0.227 e. The fraction of sp³-hybridized carbons (Fsp3) is 0.455. The molecular weight excluding hydrogens is 385 g/mol. The zero-order valence-electron chi connectivity index (χ0n) is 17.3. The SMILES string of the molecule is CNc1nc(C2CCN(C(C)=O)C2)nc2c1CN(C(=O)Cc1ccc(F)cc1)CC2. The van der Waals surface area contributed by atoms with Crippen molar-refractivity contribution in [2.24, 2.45) is 0 Å². The third kappa shape index (κ3) is 4.13. The maximum absolute atomic E-state index is 13.1. The van der Waals surface area contributed by atoms with Gasteiger partial charge < -0.3 is 15.1 Å². The molecule has 7 nitrogen and oxygen atoms in total. The summed E-state index contributed by atoms with van der Waals surface area (Å²) in [5.74, 6) is 1.44. The number of amides is 2. The molecule has 1 atom stereocenters. The summed E-state index contributed by atoms with van der Waals surface area (Å²) >= 11 is 0. The quantitative estimate of drug-likeness (QED) is 0.834. The van der Waals surface area contributed by atoms with Gasteiger partial charge in [-0.2, -0.15) is 0 Å². The van der Waals surface area contributed by atoms with E-state index < -0.39 is 0 Å². The highest BCUT2D eigenvalue weighted by Crippen LogP contribution is 2.30. The van der Waals surface area contributed by atoms with Gasteiger partial charge in [0.2, 0.25) is 11.8 Å². The molecule has 0 aliphatic carbocycles. The average Bonchev–Trinajstić information content (AvgIpc) is 3.25. The van der Waals surface area contributed by atoms with E-state index in [1.165, 1.54) is 12.1 Å². The first kappa shape index (κ1) is 20.3. The Morgan fingerprint density at radius 3 is 2.60 bits per heavy atom. The number of benzene rings is 1. The second kappa shape index (κ2) is 8.38. The van der Waals surface area contributed by atoms with Crippen LogP contribution in [0.2, 0.25) is 0 Å². The van der Waals surface area contributed by atoms with Crippen LogP contribution in [0.4, 0.5) is 10.2 Å². The molecule has 4 rings (SSSR count). The van der Waals surface area contributed by atoms with Crippen molar-refractivity contribution in [1.82, 2.24) is 19.8 Å². The van der Waals surface area contributed by atoms with Crippen LogP contribution in [0.15, 0.2) is 24.3 Å². The minimum Gasteiger partial charge on any atom is -0.373 e. The summed E-state index contributed by atoms with van der Waals surface area (Å²) in [6.07, 6.45) is 1.77. The van der Waals surface area contributed by atoms with Crippen molar-refractivity contribution in [3.63, 3.8) is 0 Å². The van der Waals surface area contributed by atoms with Crippen molar-refractivity contribution < 1.29 is 14.0 Å². The summed E-state index contributed by atoms with van der Waals surface area (Å²) in [5.41, 5.74) is 2.71. The average molecular weight is 411 g/mol. The molecule has 2 aromatic rings. The number of nitrogens with one attached hydrogen (secondary N) is 1. The fourth-order valence-electron chi connectivity index (χ4n) is 4.18. The number of likely N-dealkylation sites (tertiary alicyclic amines) is 1. The normalized spacial score (nSPS) is 18.3. The van der Waals surface area contributed by atoms with E-state index in [1.54, 1.807) is 19.1 Å². The zero-order chi connectivity index (χ0) is 21.3. The maximum Gasteiger partial charge on any atom is 0.227 e. The molecule has 1 aromatic heterocycles. The van der Waals surface area contributed by atoms with Crippen molar-refractivity contribution in [1.29, 1.82) is 0 Å². The zero-order valence-corrected chi connectivity index (χ0v) is 17.3. The summed E-state index contributed by atoms with van der Waals surface area (Å²) in [7, 11) is 1.82. The standard InChI is InChI=1S/C22H26FN5O2/c1-14(29)27-9-7-16(12-27)21-25-19-8-10-28(13-18(19)22(24-2)26-21)20(30)11-15-3-5-17(23)6-4-15/h3-6,16H,7-13H2,1-2H3,(H,24,25,26). The monoisotopic (exact) mass is 411 g/mol. The Bertz CT molecular complexity index is 945. The van der Waals surface area contributed by atoms with Crippen LogP contribution in [-0.2, 0) is 29.0 Å². The largest absolute Gasteiger partial charge is 0.373 e. The van der Waals surface area contributed by atoms with Gasteiger partial charge in [0.15, 0.2) is 0 Å². The van der Waals surface area contributed by atoms with Gasteiger partial charge in [-0.3, -0.25) is 9.59 Å². The number of aromatic nitrogens is 2. The lowest BCUT2D eigenvalue weighted by Crippen LogP contribution is -2.38. The summed E-state index contributed by atoms with van der Waals surface area (Å²) in [4.78, 5) is 37.6. The van der Waals surface area contributed by atoms with E-state index in [0.717, 1.165) is 41.4 Å². The lowest BCUT2D eigenvalue weighted by Gasteiger charge is -2.30. The fourth-order valence-corrected chi connectivity index (χ4v) is 4.18. The van der Waals surface area contributed by atoms with Crippen LogP contribution in [0.1, 0.15) is 41.9 Å². The number of halogens is 1. The Labute approximate surface area is 175 Å². The maximum atomic E-state index is 13.1. The van der Waals surface area contributed by atoms with E-state index in [1.807, 2.05) is 16.8 Å². The second-order valence-corrected chi connectivity index (χ2v) is 7.92. The van der Waals surface area contributed by atoms with Gasteiger partial charge in [-0.1, -0.05) is 12.1 Å². The third-order valence-electron chi connectivity index (χ3n) is 5.93. The van der Waals surface area contributed by atoms with E-state index in [4.69, 9.17) is 9.97 Å². The minimum absolute atomic E-state index is 0.00582. The summed E-state index contributed by atoms with van der Waals surface area (Å²) < 4.78 is 13.1. The summed E-state index contributed by atoms with van der Waals surface area (Å²) in [6.45, 7) is 4.03. The van der Waals surface area contributed by atoms with E-state index in [9.17, 15) is 14.0 Å². The molecular formula is C22H26FN5O2. The van der Waals surface area contributed by atoms with Crippen molar-refractivity contribution >= 4 is 17.6 Å². The Kier molecular flexibility index (Phi) is 5.65. The van der Waals surface area contributed by atoms with Crippen molar-refractivity contribution in [3.05, 3.63) is 52.7 Å². The molecule has 1 unspecified atom stereocenters. The molecule has 158 valence electrons. The first-order chi connectivity index (χ1) is 14.4. The molecule has 2 amide bonds. The second-order valence-electron chi connectivity index (χ2n) is 7.92. The molecule has 3 heterocycles. The van der Waals surface area contributed by atoms with Gasteiger partial charge in [0, 0.05) is 51.5 Å². The first-order valence-corrected chi connectivity index (χ1v) is 10.3. The molecule has 2 aliphatic rings. The Hall–Kier alpha value is -3.03. The summed E-state index contributed by atoms with van der Waals surface area (Å²) in [6, 6.07) is 6.04. The Morgan fingerprint density at radius 1 is 1.17 bits per heavy atom. The number of carbonyl (C=O) groups is 2. The molecule has 1 fully saturated rings. The van der Waals surface area contributed by atoms with Crippen LogP contribution >= 0.6 is 0 Å². The molecule has 0 radical (unpaired) electrons. The Balaban J connectivity index is 1.50. The lowest BCUT2D eigenvalue weighted by atomic mass is 10.0. The topological polar surface area (TPSA) is 78.4 Å². The molecule has 1 N–H and O–H groups in total. The van der Waals surface area contributed by atoms with Gasteiger partial charge in [0.25, 0.3) is 0 Å². The number of anilines is 1. The summed E-state index contributed by atoms with van der Waals surface area (Å²) in [5, 5.41) is 3.16. The number of nitrogens with zero attached hydrogens (tertiary/aromatic N) is 4. The van der Waals surface area contributed by atoms with Crippen LogP contribution < -0.4 is 5.32 Å². The predicted molar refractivity (Wildman–Crippen MR) is 110 cm³/mol. The van der Waals surface area contributed by atoms with E-state index in [0.29, 0.717) is 26.1 Å². The van der Waals surface area contributed by atoms with E-state index >= 15 is 0 Å². The molecule has 8 heteroatoms. The van der Waals surface area contributed by atoms with Gasteiger partial charge >= 0.3 is 0 Å². The minimum atomic E-state index is -0.307. The molecule has 1 aromatic carbocycles. The highest BCUT2D eigenvalue weighted by molar-refractivity contribution is 5.79. The number of hydrogen-bond acceptors (Lipinski definition) is 5. The number of carbonyl (C=O) groups excluding carboxylic acids is 2. The van der Waals surface area contributed by atoms with Crippen molar-refractivity contribution in [3.8, 4) is 0 Å². The van der Waals surface area contributed by atoms with E-state index in [2.05, 4.69) is 5.32 Å². The van der Waals surface area contributed by atoms with Gasteiger partial charge in [0.1, 0.15) is 17.5 Å². The third-order valence-corrected chi connectivity index (χ3v) is 5.93. The van der Waals surface area contributed by atoms with Gasteiger partial charge in [0.05, 0.1) is 18.7 Å². The Morgan fingerprint density at radius 2 is 1.93 bits per heavy atom. The van der Waals surface area contributed by atoms with Crippen LogP contribution in [0.25, 0.3) is 0 Å². The van der Waals surface area contributed by atoms with Crippen LogP contribution in [0.5, 0.6) is 0 Å². The first-order valence-electron chi connectivity index (χ1n) is 10.3. The molecule has 30 heavy (non-hydrogen) atoms. The molecule has 1 saturated heterocycles. The predicted octanol–water partition coefficient (Wildman–Crippen LogP) is 2.12. The van der Waals surface area contributed by atoms with Gasteiger partial charge in [-0.25, -0.2) is 14.4 Å². The van der Waals surface area contributed by atoms with Crippen molar-refractivity contribution in [2.75, 3.05) is 32.0 Å². The lowest BCUT2D eigenvalue weighted by molar-refractivity contribution is -0.131. The van der Waals surface area contributed by atoms with Crippen LogP contribution in [0.3, 0.4) is 0 Å². The highest BCUT2D eigenvalue weighted by Gasteiger charge is 2.31. The molecule has 2 aliphatic heterocycles. The molecule has 0 saturated carbocycles. The number of rotatable bonds is 4. The van der Waals surface area contributed by atoms with Crippen molar-refractivity contribution in [2.45, 2.75) is 38.6 Å². The molecule has 0 spiro atoms. The van der Waals surface area contributed by atoms with E-state index in [-0.39, 0.29) is 30.0 Å². The number of hydrogen-bond donors (Lipinski definition) is 1. The molecule has 0 bridgehead atoms. The van der Waals surface area contributed by atoms with Crippen LogP contribution in [-0.4, -0.2) is 58.3 Å².